The van der Waals surface area contributed by atoms with Gasteiger partial charge in [-0.3, -0.25) is 9.59 Å². The fourth-order valence-corrected chi connectivity index (χ4v) is 3.95. The molecule has 0 spiro atoms. The number of hydrogen-bond donors (Lipinski definition) is 1. The average Bonchev–Trinajstić information content (AvgIpc) is 2.84. The molecule has 2 aliphatic rings. The van der Waals surface area contributed by atoms with Gasteiger partial charge in [-0.1, -0.05) is 11.2 Å². The van der Waals surface area contributed by atoms with Crippen molar-refractivity contribution in [3.05, 3.63) is 29.0 Å². The van der Waals surface area contributed by atoms with E-state index < -0.39 is 0 Å². The summed E-state index contributed by atoms with van der Waals surface area (Å²) in [7, 11) is 0. The zero-order valence-electron chi connectivity index (χ0n) is 13.8. The van der Waals surface area contributed by atoms with E-state index in [0.717, 1.165) is 42.6 Å². The van der Waals surface area contributed by atoms with Crippen molar-refractivity contribution in [3.8, 4) is 0 Å². The number of fused-ring (bicyclic) bond motifs is 3. The van der Waals surface area contributed by atoms with E-state index in [1.54, 1.807) is 0 Å². The number of hydrogen-bond acceptors (Lipinski definition) is 5. The summed E-state index contributed by atoms with van der Waals surface area (Å²) in [6.07, 6.45) is 4.55. The van der Waals surface area contributed by atoms with Crippen LogP contribution in [0.15, 0.2) is 16.7 Å². The Kier molecular flexibility index (Phi) is 4.19. The molecule has 5 nitrogen and oxygen atoms in total. The Morgan fingerprint density at radius 3 is 2.83 bits per heavy atom. The first-order chi connectivity index (χ1) is 11.7. The van der Waals surface area contributed by atoms with Gasteiger partial charge in [0.2, 0.25) is 0 Å². The summed E-state index contributed by atoms with van der Waals surface area (Å²) in [4.78, 5) is 24.3. The van der Waals surface area contributed by atoms with Crippen LogP contribution in [-0.2, 0) is 22.4 Å². The van der Waals surface area contributed by atoms with Gasteiger partial charge in [-0.05, 0) is 50.4 Å². The predicted molar refractivity (Wildman–Crippen MR) is 90.1 cm³/mol. The van der Waals surface area contributed by atoms with Crippen LogP contribution in [0.5, 0.6) is 0 Å². The first-order valence-corrected chi connectivity index (χ1v) is 8.89. The minimum Gasteiger partial charge on any atom is -0.356 e. The molecular weight excluding hydrogens is 304 g/mol. The fraction of sp³-hybridized carbons (Fsp3) is 0.526. The maximum Gasteiger partial charge on any atom is 0.170 e. The van der Waals surface area contributed by atoms with Crippen LogP contribution in [0, 0.1) is 0 Å². The molecule has 1 aliphatic heterocycles. The molecule has 1 aromatic heterocycles. The molecule has 5 heteroatoms. The van der Waals surface area contributed by atoms with Crippen LogP contribution in [-0.4, -0.2) is 29.8 Å². The number of aromatic nitrogens is 1. The summed E-state index contributed by atoms with van der Waals surface area (Å²) in [5.74, 6) is 0.131. The molecule has 2 heterocycles. The molecule has 1 N–H and O–H groups in total. The van der Waals surface area contributed by atoms with Crippen LogP contribution in [0.1, 0.15) is 54.8 Å². The van der Waals surface area contributed by atoms with Crippen molar-refractivity contribution >= 4 is 22.5 Å². The molecule has 1 unspecified atom stereocenters. The molecule has 2 aromatic rings. The van der Waals surface area contributed by atoms with Gasteiger partial charge in [0, 0.05) is 30.2 Å². The molecule has 1 saturated carbocycles. The molecule has 1 aromatic carbocycles. The van der Waals surface area contributed by atoms with Crippen molar-refractivity contribution in [2.24, 2.45) is 0 Å². The topological polar surface area (TPSA) is 72.2 Å². The quantitative estimate of drug-likeness (QED) is 0.872. The molecular formula is C19H22N2O3. The SMILES string of the molecule is O=C1CCCC(=O)C(c2noc3c4c(ccc23)CCNCC4)CC1. The lowest BCUT2D eigenvalue weighted by Gasteiger charge is -2.16. The minimum absolute atomic E-state index is 0.189. The van der Waals surface area contributed by atoms with E-state index >= 15 is 0 Å². The highest BCUT2D eigenvalue weighted by Crippen LogP contribution is 2.34. The Morgan fingerprint density at radius 2 is 1.92 bits per heavy atom. The van der Waals surface area contributed by atoms with E-state index in [1.807, 2.05) is 6.07 Å². The Bertz CT molecular complexity index is 793. The standard InChI is InChI=1S/C19H22N2O3/c22-13-2-1-3-17(23)15(7-5-13)18-16-6-4-12-8-10-20-11-9-14(12)19(16)24-21-18/h4,6,15,20H,1-3,5,7-11H2. The van der Waals surface area contributed by atoms with Crippen LogP contribution in [0.4, 0.5) is 0 Å². The highest BCUT2D eigenvalue weighted by Gasteiger charge is 2.29. The number of nitrogens with zero attached hydrogens (tertiary/aromatic N) is 1. The highest BCUT2D eigenvalue weighted by atomic mass is 16.5. The summed E-state index contributed by atoms with van der Waals surface area (Å²) < 4.78 is 5.69. The number of rotatable bonds is 1. The normalized spacial score (nSPS) is 22.8. The van der Waals surface area contributed by atoms with Crippen molar-refractivity contribution in [2.45, 2.75) is 50.9 Å². The second-order valence-electron chi connectivity index (χ2n) is 6.85. The largest absolute Gasteiger partial charge is 0.356 e. The number of carbonyl (C=O) groups excluding carboxylic acids is 2. The maximum atomic E-state index is 12.6. The zero-order valence-corrected chi connectivity index (χ0v) is 13.8. The number of benzene rings is 1. The van der Waals surface area contributed by atoms with Crippen LogP contribution in [0.3, 0.4) is 0 Å². The molecule has 1 fully saturated rings. The van der Waals surface area contributed by atoms with E-state index in [-0.39, 0.29) is 17.5 Å². The van der Waals surface area contributed by atoms with E-state index in [0.29, 0.717) is 32.1 Å². The van der Waals surface area contributed by atoms with Crippen molar-refractivity contribution in [2.75, 3.05) is 13.1 Å². The molecule has 4 rings (SSSR count). The monoisotopic (exact) mass is 326 g/mol. The van der Waals surface area contributed by atoms with Crippen LogP contribution in [0.2, 0.25) is 0 Å². The molecule has 1 aliphatic carbocycles. The lowest BCUT2D eigenvalue weighted by Crippen LogP contribution is -2.18. The first-order valence-electron chi connectivity index (χ1n) is 8.89. The molecule has 0 saturated heterocycles. The third-order valence-electron chi connectivity index (χ3n) is 5.30. The van der Waals surface area contributed by atoms with Crippen LogP contribution < -0.4 is 5.32 Å². The first kappa shape index (κ1) is 15.5. The van der Waals surface area contributed by atoms with Gasteiger partial charge in [0.05, 0.1) is 5.92 Å². The molecule has 126 valence electrons. The van der Waals surface area contributed by atoms with Gasteiger partial charge in [0.15, 0.2) is 5.58 Å². The van der Waals surface area contributed by atoms with Gasteiger partial charge < -0.3 is 9.84 Å². The Morgan fingerprint density at radius 1 is 1.04 bits per heavy atom. The van der Waals surface area contributed by atoms with Crippen molar-refractivity contribution < 1.29 is 14.1 Å². The molecule has 0 amide bonds. The summed E-state index contributed by atoms with van der Waals surface area (Å²) >= 11 is 0. The highest BCUT2D eigenvalue weighted by molar-refractivity contribution is 5.93. The number of Topliss-reactive ketones (excluding diaryl/α,β-unsaturated/α-hetero) is 2. The maximum absolute atomic E-state index is 12.6. The van der Waals surface area contributed by atoms with E-state index in [4.69, 9.17) is 4.52 Å². The Labute approximate surface area is 140 Å². The third-order valence-corrected chi connectivity index (χ3v) is 5.30. The van der Waals surface area contributed by atoms with E-state index in [9.17, 15) is 9.59 Å². The van der Waals surface area contributed by atoms with Gasteiger partial charge >= 0.3 is 0 Å². The minimum atomic E-state index is -0.308. The number of nitrogens with one attached hydrogen (secondary N) is 1. The van der Waals surface area contributed by atoms with Crippen molar-refractivity contribution in [1.82, 2.24) is 10.5 Å². The second kappa shape index (κ2) is 6.48. The van der Waals surface area contributed by atoms with Crippen molar-refractivity contribution in [1.29, 1.82) is 0 Å². The van der Waals surface area contributed by atoms with Crippen LogP contribution in [0.25, 0.3) is 11.0 Å². The third kappa shape index (κ3) is 2.77. The Hall–Kier alpha value is -2.01. The predicted octanol–water partition coefficient (Wildman–Crippen LogP) is 2.70. The molecule has 24 heavy (non-hydrogen) atoms. The van der Waals surface area contributed by atoms with E-state index in [1.165, 1.54) is 11.1 Å². The lowest BCUT2D eigenvalue weighted by atomic mass is 9.85. The van der Waals surface area contributed by atoms with Gasteiger partial charge in [-0.15, -0.1) is 0 Å². The number of ketones is 2. The summed E-state index contributed by atoms with van der Waals surface area (Å²) in [5, 5.41) is 8.63. The van der Waals surface area contributed by atoms with E-state index in [2.05, 4.69) is 16.5 Å². The van der Waals surface area contributed by atoms with Gasteiger partial charge in [-0.25, -0.2) is 0 Å². The average molecular weight is 326 g/mol. The van der Waals surface area contributed by atoms with Crippen molar-refractivity contribution in [3.63, 3.8) is 0 Å². The van der Waals surface area contributed by atoms with Crippen LogP contribution >= 0.6 is 0 Å². The summed E-state index contributed by atoms with van der Waals surface area (Å²) in [6, 6.07) is 4.18. The second-order valence-corrected chi connectivity index (χ2v) is 6.85. The van der Waals surface area contributed by atoms with Gasteiger partial charge in [0.1, 0.15) is 17.3 Å². The Balaban J connectivity index is 1.75. The fourth-order valence-electron chi connectivity index (χ4n) is 3.95. The van der Waals surface area contributed by atoms with Gasteiger partial charge in [0.25, 0.3) is 0 Å². The summed E-state index contributed by atoms with van der Waals surface area (Å²) in [5.41, 5.74) is 4.07. The van der Waals surface area contributed by atoms with Gasteiger partial charge in [-0.2, -0.15) is 0 Å². The smallest absolute Gasteiger partial charge is 0.170 e. The number of carbonyl (C=O) groups is 2. The zero-order chi connectivity index (χ0) is 16.5. The summed E-state index contributed by atoms with van der Waals surface area (Å²) in [6.45, 7) is 1.90. The lowest BCUT2D eigenvalue weighted by molar-refractivity contribution is -0.123. The molecule has 0 radical (unpaired) electrons. The molecule has 1 atom stereocenters. The molecule has 0 bridgehead atoms.